The molecule has 0 radical (unpaired) electrons. The van der Waals surface area contributed by atoms with E-state index in [0.29, 0.717) is 25.0 Å². The van der Waals surface area contributed by atoms with Gasteiger partial charge in [0.2, 0.25) is 0 Å². The van der Waals surface area contributed by atoms with Gasteiger partial charge in [-0.1, -0.05) is 18.6 Å². The average molecular weight is 448 g/mol. The summed E-state index contributed by atoms with van der Waals surface area (Å²) in [5, 5.41) is 24.8. The van der Waals surface area contributed by atoms with E-state index >= 15 is 4.39 Å². The van der Waals surface area contributed by atoms with Gasteiger partial charge in [0.25, 0.3) is 5.91 Å². The van der Waals surface area contributed by atoms with Crippen LogP contribution in [-0.4, -0.2) is 63.7 Å². The molecule has 0 aromatic carbocycles. The summed E-state index contributed by atoms with van der Waals surface area (Å²) in [6, 6.07) is 0. The van der Waals surface area contributed by atoms with E-state index in [0.717, 1.165) is 5.57 Å². The second-order valence-electron chi connectivity index (χ2n) is 10.2. The van der Waals surface area contributed by atoms with Gasteiger partial charge in [-0.15, -0.1) is 0 Å². The number of ether oxygens (including phenoxy) is 1. The Hall–Kier alpha value is -1.94. The number of aliphatic hydroxyl groups excluding tert-OH is 2. The lowest BCUT2D eigenvalue weighted by Crippen LogP contribution is -2.66. The number of nitrogens with two attached hydrogens (primary N) is 1. The summed E-state index contributed by atoms with van der Waals surface area (Å²) in [5.74, 6) is -1.61. The summed E-state index contributed by atoms with van der Waals surface area (Å²) >= 11 is 0. The van der Waals surface area contributed by atoms with E-state index in [2.05, 4.69) is 10.5 Å². The van der Waals surface area contributed by atoms with Crippen molar-refractivity contribution in [2.45, 2.75) is 62.5 Å². The molecule has 1 heterocycles. The number of carbonyl (C=O) groups is 2. The first-order valence-corrected chi connectivity index (χ1v) is 11.3. The average Bonchev–Trinajstić information content (AvgIpc) is 3.38. The summed E-state index contributed by atoms with van der Waals surface area (Å²) in [7, 11) is 0. The number of carbonyl (C=O) groups excluding carboxylic acids is 2. The van der Waals surface area contributed by atoms with Gasteiger partial charge in [0.1, 0.15) is 12.2 Å². The van der Waals surface area contributed by atoms with E-state index in [-0.39, 0.29) is 30.6 Å². The predicted molar refractivity (Wildman–Crippen MR) is 113 cm³/mol. The predicted octanol–water partition coefficient (Wildman–Crippen LogP) is 0.528. The number of epoxide rings is 1. The minimum Gasteiger partial charge on any atom is -0.390 e. The fraction of sp³-hybridized carbons (Fsp3) is 0.696. The molecule has 3 saturated carbocycles. The Morgan fingerprint density at radius 2 is 2.16 bits per heavy atom. The van der Waals surface area contributed by atoms with Crippen molar-refractivity contribution in [1.29, 1.82) is 0 Å². The Balaban J connectivity index is 1.50. The van der Waals surface area contributed by atoms with Gasteiger partial charge in [0.05, 0.1) is 18.4 Å². The number of nitrogens with one attached hydrogen (secondary N) is 1. The Morgan fingerprint density at radius 1 is 1.41 bits per heavy atom. The van der Waals surface area contributed by atoms with Crippen molar-refractivity contribution in [3.8, 4) is 0 Å². The number of nitrogens with zero attached hydrogens (tertiary/aromatic N) is 1. The first-order chi connectivity index (χ1) is 15.1. The maximum Gasteiger partial charge on any atom is 0.253 e. The van der Waals surface area contributed by atoms with Crippen molar-refractivity contribution in [2.75, 3.05) is 13.2 Å². The van der Waals surface area contributed by atoms with Crippen LogP contribution >= 0.6 is 0 Å². The highest BCUT2D eigenvalue weighted by Gasteiger charge is 2.87. The van der Waals surface area contributed by atoms with Gasteiger partial charge >= 0.3 is 0 Å². The van der Waals surface area contributed by atoms with Crippen LogP contribution in [0.4, 0.5) is 4.39 Å². The van der Waals surface area contributed by atoms with E-state index in [9.17, 15) is 19.8 Å². The molecule has 0 bridgehead atoms. The number of hydrogen-bond acceptors (Lipinski definition) is 7. The molecule has 32 heavy (non-hydrogen) atoms. The minimum absolute atomic E-state index is 0.0327. The van der Waals surface area contributed by atoms with Crippen LogP contribution in [0, 0.1) is 23.2 Å². The highest BCUT2D eigenvalue weighted by atomic mass is 19.1. The summed E-state index contributed by atoms with van der Waals surface area (Å²) < 4.78 is 23.2. The molecule has 1 spiro atoms. The number of alkyl halides is 1. The van der Waals surface area contributed by atoms with Crippen molar-refractivity contribution in [3.63, 3.8) is 0 Å². The number of aliphatic hydroxyl groups is 2. The highest BCUT2D eigenvalue weighted by Crippen LogP contribution is 2.76. The molecule has 1 aliphatic heterocycles. The van der Waals surface area contributed by atoms with E-state index < -0.39 is 46.8 Å². The zero-order valence-corrected chi connectivity index (χ0v) is 18.3. The molecular weight excluding hydrogens is 417 g/mol. The van der Waals surface area contributed by atoms with E-state index in [1.807, 2.05) is 6.92 Å². The summed E-state index contributed by atoms with van der Waals surface area (Å²) in [6.07, 6.45) is 5.63. The van der Waals surface area contributed by atoms with Crippen LogP contribution in [-0.2, 0) is 14.3 Å². The van der Waals surface area contributed by atoms with E-state index in [1.54, 1.807) is 25.2 Å². The molecular formula is C23H30FN3O5. The topological polar surface area (TPSA) is 138 Å². The second-order valence-corrected chi connectivity index (χ2v) is 10.2. The lowest BCUT2D eigenvalue weighted by Gasteiger charge is -2.59. The minimum atomic E-state index is -1.93. The molecule has 5 rings (SSSR count). The van der Waals surface area contributed by atoms with E-state index in [1.165, 1.54) is 0 Å². The Labute approximate surface area is 185 Å². The van der Waals surface area contributed by atoms with Crippen LogP contribution in [0.2, 0.25) is 0 Å². The van der Waals surface area contributed by atoms with Crippen LogP contribution < -0.4 is 11.2 Å². The van der Waals surface area contributed by atoms with Crippen molar-refractivity contribution in [3.05, 3.63) is 23.8 Å². The van der Waals surface area contributed by atoms with Gasteiger partial charge in [0.15, 0.2) is 17.1 Å². The molecule has 174 valence electrons. The fourth-order valence-electron chi connectivity index (χ4n) is 7.50. The Morgan fingerprint density at radius 3 is 2.84 bits per heavy atom. The monoisotopic (exact) mass is 447 g/mol. The first kappa shape index (κ1) is 21.9. The summed E-state index contributed by atoms with van der Waals surface area (Å²) in [6.45, 7) is 2.93. The van der Waals surface area contributed by atoms with Gasteiger partial charge in [-0.25, -0.2) is 9.82 Å². The molecule has 0 aromatic heterocycles. The number of amides is 1. The Kier molecular flexibility index (Phi) is 4.64. The van der Waals surface area contributed by atoms with Crippen molar-refractivity contribution >= 4 is 17.4 Å². The first-order valence-electron chi connectivity index (χ1n) is 11.3. The van der Waals surface area contributed by atoms with Crippen molar-refractivity contribution in [1.82, 2.24) is 5.43 Å². The highest BCUT2D eigenvalue weighted by molar-refractivity contribution is 6.06. The lowest BCUT2D eigenvalue weighted by atomic mass is 9.48. The summed E-state index contributed by atoms with van der Waals surface area (Å²) in [5.41, 5.74) is 4.00. The second kappa shape index (κ2) is 6.79. The standard InChI is InChI=1S/C23H30FN3O5/c1-12-7-16-15-4-3-13-8-14(26-27-19(31)10-25)5-6-20(13,2)22(15,24)17(29)9-21(16)23(12,32-21)18(30)11-28/h5-6,8,12,15-17,28-29H,3-4,7,9-11,25H2,1-2H3,(H,27,31)/b26-14+/t12-,15+,16+,17+,20+,21-,22+,23+/m1/s1. The number of ketones is 1. The van der Waals surface area contributed by atoms with Crippen molar-refractivity contribution < 1.29 is 28.9 Å². The molecule has 5 aliphatic rings. The molecule has 5 N–H and O–H groups in total. The van der Waals surface area contributed by atoms with Crippen molar-refractivity contribution in [2.24, 2.45) is 34.0 Å². The molecule has 8 nitrogen and oxygen atoms in total. The smallest absolute Gasteiger partial charge is 0.253 e. The molecule has 1 amide bonds. The van der Waals surface area contributed by atoms with Crippen LogP contribution in [0.5, 0.6) is 0 Å². The van der Waals surface area contributed by atoms with Gasteiger partial charge < -0.3 is 20.7 Å². The normalized spacial score (nSPS) is 49.4. The maximum absolute atomic E-state index is 17.1. The summed E-state index contributed by atoms with van der Waals surface area (Å²) in [4.78, 5) is 24.0. The number of hydrazone groups is 1. The van der Waals surface area contributed by atoms with Crippen LogP contribution in [0.15, 0.2) is 28.9 Å². The maximum atomic E-state index is 17.1. The quantitative estimate of drug-likeness (QED) is 0.366. The van der Waals surface area contributed by atoms with Crippen LogP contribution in [0.1, 0.15) is 39.5 Å². The largest absolute Gasteiger partial charge is 0.390 e. The molecule has 9 heteroatoms. The molecule has 4 aliphatic carbocycles. The SMILES string of the molecule is C[C@@H]1C[C@H]2[C@@H]3CCC4=C/C(=N/NC(=O)CN)C=C[C@]4(C)[C@@]3(F)[C@@H](O)C[C@@]23O[C@]13C(=O)CO. The third kappa shape index (κ3) is 2.37. The number of allylic oxidation sites excluding steroid dienone is 4. The number of fused-ring (bicyclic) bond motifs is 4. The van der Waals surface area contributed by atoms with Gasteiger partial charge in [-0.3, -0.25) is 9.59 Å². The number of halogens is 1. The number of Topliss-reactive ketones (excluding diaryl/α,β-unsaturated/α-hetero) is 1. The number of hydrogen-bond donors (Lipinski definition) is 4. The zero-order chi connectivity index (χ0) is 23.1. The molecule has 0 aromatic rings. The van der Waals surface area contributed by atoms with E-state index in [4.69, 9.17) is 10.5 Å². The number of rotatable bonds is 4. The molecule has 0 unspecified atom stereocenters. The lowest BCUT2D eigenvalue weighted by molar-refractivity contribution is -0.179. The molecule has 1 saturated heterocycles. The zero-order valence-electron chi connectivity index (χ0n) is 18.3. The Bertz CT molecular complexity index is 981. The third-order valence-corrected chi connectivity index (χ3v) is 8.99. The van der Waals surface area contributed by atoms with Crippen LogP contribution in [0.25, 0.3) is 0 Å². The van der Waals surface area contributed by atoms with Gasteiger partial charge in [-0.05, 0) is 50.2 Å². The molecule has 4 fully saturated rings. The van der Waals surface area contributed by atoms with Gasteiger partial charge in [-0.2, -0.15) is 5.10 Å². The third-order valence-electron chi connectivity index (χ3n) is 8.99. The fourth-order valence-corrected chi connectivity index (χ4v) is 7.50. The van der Waals surface area contributed by atoms with Gasteiger partial charge in [0, 0.05) is 17.8 Å². The molecule has 8 atom stereocenters. The van der Waals surface area contributed by atoms with Crippen LogP contribution in [0.3, 0.4) is 0 Å².